The molecule has 2 aliphatic rings. The lowest BCUT2D eigenvalue weighted by atomic mass is 10.00. The lowest BCUT2D eigenvalue weighted by molar-refractivity contribution is 0.0784. The van der Waals surface area contributed by atoms with Gasteiger partial charge in [-0.2, -0.15) is 0 Å². The van der Waals surface area contributed by atoms with Crippen LogP contribution in [0, 0.1) is 12.8 Å². The summed E-state index contributed by atoms with van der Waals surface area (Å²) in [6.07, 6.45) is 7.20. The third kappa shape index (κ3) is 3.98. The van der Waals surface area contributed by atoms with E-state index in [2.05, 4.69) is 11.1 Å². The lowest BCUT2D eigenvalue weighted by Crippen LogP contribution is -2.36. The summed E-state index contributed by atoms with van der Waals surface area (Å²) in [4.78, 5) is 32.5. The molecule has 1 amide bonds. The summed E-state index contributed by atoms with van der Waals surface area (Å²) in [6.45, 7) is 3.71. The van der Waals surface area contributed by atoms with Gasteiger partial charge in [0.1, 0.15) is 5.56 Å². The maximum absolute atomic E-state index is 13.3. The minimum absolute atomic E-state index is 0.179. The van der Waals surface area contributed by atoms with Crippen LogP contribution >= 0.6 is 0 Å². The summed E-state index contributed by atoms with van der Waals surface area (Å²) in [5.74, 6) is 1.58. The Morgan fingerprint density at radius 2 is 2.03 bits per heavy atom. The van der Waals surface area contributed by atoms with Crippen LogP contribution in [0.15, 0.2) is 59.8 Å². The number of likely N-dealkylation sites (tertiary alicyclic amines) is 1. The van der Waals surface area contributed by atoms with Gasteiger partial charge in [-0.15, -0.1) is 0 Å². The van der Waals surface area contributed by atoms with Crippen molar-refractivity contribution in [3.63, 3.8) is 0 Å². The molecule has 2 aromatic heterocycles. The number of aromatic nitrogens is 2. The van der Waals surface area contributed by atoms with E-state index in [1.165, 1.54) is 5.56 Å². The number of benzene rings is 1. The summed E-state index contributed by atoms with van der Waals surface area (Å²) in [6, 6.07) is 11.5. The van der Waals surface area contributed by atoms with Crippen molar-refractivity contribution in [3.8, 4) is 11.5 Å². The van der Waals surface area contributed by atoms with Gasteiger partial charge in [0.15, 0.2) is 11.5 Å². The number of nitrogens with zero attached hydrogens (tertiary/aromatic N) is 3. The minimum atomic E-state index is -0.261. The van der Waals surface area contributed by atoms with E-state index in [1.807, 2.05) is 48.4 Å². The molecular formula is C25H25N3O4. The largest absolute Gasteiger partial charge is 0.454 e. The number of ether oxygens (including phenoxy) is 2. The van der Waals surface area contributed by atoms with Crippen molar-refractivity contribution in [2.75, 3.05) is 19.9 Å². The zero-order valence-electron chi connectivity index (χ0n) is 18.0. The van der Waals surface area contributed by atoms with Crippen LogP contribution < -0.4 is 15.0 Å². The van der Waals surface area contributed by atoms with E-state index in [0.29, 0.717) is 42.6 Å². The first-order valence-electron chi connectivity index (χ1n) is 10.9. The average molecular weight is 431 g/mol. The van der Waals surface area contributed by atoms with Gasteiger partial charge in [-0.3, -0.25) is 14.6 Å². The molecular weight excluding hydrogens is 406 g/mol. The fourth-order valence-electron chi connectivity index (χ4n) is 4.48. The van der Waals surface area contributed by atoms with E-state index in [9.17, 15) is 9.59 Å². The Bertz CT molecular complexity index is 1210. The van der Waals surface area contributed by atoms with Crippen molar-refractivity contribution in [2.24, 2.45) is 5.92 Å². The third-order valence-electron chi connectivity index (χ3n) is 6.20. The molecule has 1 atom stereocenters. The molecule has 1 aromatic carbocycles. The molecule has 4 heterocycles. The Morgan fingerprint density at radius 1 is 1.16 bits per heavy atom. The predicted octanol–water partition coefficient (Wildman–Crippen LogP) is 3.03. The maximum Gasteiger partial charge on any atom is 0.263 e. The van der Waals surface area contributed by atoms with Gasteiger partial charge in [-0.05, 0) is 66.6 Å². The van der Waals surface area contributed by atoms with Gasteiger partial charge in [-0.25, -0.2) is 0 Å². The number of rotatable bonds is 5. The molecule has 2 aliphatic heterocycles. The van der Waals surface area contributed by atoms with Gasteiger partial charge < -0.3 is 18.9 Å². The molecule has 0 spiro atoms. The zero-order valence-corrected chi connectivity index (χ0v) is 18.0. The first-order valence-corrected chi connectivity index (χ1v) is 10.9. The lowest BCUT2D eigenvalue weighted by Gasteiger charge is -2.18. The van der Waals surface area contributed by atoms with Gasteiger partial charge in [-0.1, -0.05) is 12.1 Å². The summed E-state index contributed by atoms with van der Waals surface area (Å²) >= 11 is 0. The second-order valence-electron chi connectivity index (χ2n) is 8.47. The van der Waals surface area contributed by atoms with E-state index in [0.717, 1.165) is 18.4 Å². The molecule has 1 fully saturated rings. The molecule has 0 aliphatic carbocycles. The SMILES string of the molecule is Cc1ccn(Cc2ccc3c(c2)OCO3)c(=O)c1C(=O)N1CCC(Cc2cccnc2)C1. The van der Waals surface area contributed by atoms with E-state index in [4.69, 9.17) is 9.47 Å². The highest BCUT2D eigenvalue weighted by Gasteiger charge is 2.29. The van der Waals surface area contributed by atoms with Gasteiger partial charge in [0.2, 0.25) is 6.79 Å². The van der Waals surface area contributed by atoms with Crippen LogP contribution in [0.2, 0.25) is 0 Å². The number of carbonyl (C=O) groups excluding carboxylic acids is 1. The normalized spacial score (nSPS) is 17.0. The second kappa shape index (κ2) is 8.49. The molecule has 1 unspecified atom stereocenters. The van der Waals surface area contributed by atoms with Crippen LogP contribution in [0.25, 0.3) is 0 Å². The first kappa shape index (κ1) is 20.3. The van der Waals surface area contributed by atoms with E-state index in [1.54, 1.807) is 17.0 Å². The molecule has 1 saturated heterocycles. The number of carbonyl (C=O) groups is 1. The topological polar surface area (TPSA) is 73.7 Å². The second-order valence-corrected chi connectivity index (χ2v) is 8.47. The Labute approximate surface area is 186 Å². The van der Waals surface area contributed by atoms with Crippen LogP contribution in [-0.4, -0.2) is 40.2 Å². The molecule has 7 nitrogen and oxygen atoms in total. The van der Waals surface area contributed by atoms with Crippen LogP contribution in [0.4, 0.5) is 0 Å². The van der Waals surface area contributed by atoms with Gasteiger partial charge >= 0.3 is 0 Å². The average Bonchev–Trinajstić information content (AvgIpc) is 3.46. The quantitative estimate of drug-likeness (QED) is 0.621. The minimum Gasteiger partial charge on any atom is -0.454 e. The zero-order chi connectivity index (χ0) is 22.1. The number of fused-ring (bicyclic) bond motifs is 1. The number of pyridine rings is 2. The summed E-state index contributed by atoms with van der Waals surface area (Å²) in [5, 5.41) is 0. The molecule has 164 valence electrons. The molecule has 5 rings (SSSR count). The van der Waals surface area contributed by atoms with Crippen LogP contribution in [0.3, 0.4) is 0 Å². The summed E-state index contributed by atoms with van der Waals surface area (Å²) in [5.41, 5.74) is 2.79. The third-order valence-corrected chi connectivity index (χ3v) is 6.20. The monoisotopic (exact) mass is 431 g/mol. The fourth-order valence-corrected chi connectivity index (χ4v) is 4.48. The molecule has 32 heavy (non-hydrogen) atoms. The van der Waals surface area contributed by atoms with Crippen molar-refractivity contribution in [2.45, 2.75) is 26.3 Å². The van der Waals surface area contributed by atoms with Crippen LogP contribution in [-0.2, 0) is 13.0 Å². The summed E-state index contributed by atoms with van der Waals surface area (Å²) in [7, 11) is 0. The number of aryl methyl sites for hydroxylation is 1. The molecule has 0 N–H and O–H groups in total. The van der Waals surface area contributed by atoms with E-state index < -0.39 is 0 Å². The predicted molar refractivity (Wildman–Crippen MR) is 119 cm³/mol. The standard InChI is InChI=1S/C25H25N3O4/c1-17-6-9-27(14-19-4-5-21-22(12-19)32-16-31-21)24(29)23(17)25(30)28-10-7-20(15-28)11-18-3-2-8-26-13-18/h2-6,8-9,12-13,20H,7,10-11,14-16H2,1H3. The van der Waals surface area contributed by atoms with Gasteiger partial charge in [0.25, 0.3) is 11.5 Å². The summed E-state index contributed by atoms with van der Waals surface area (Å²) < 4.78 is 12.4. The Morgan fingerprint density at radius 3 is 2.88 bits per heavy atom. The molecule has 0 radical (unpaired) electrons. The van der Waals surface area contributed by atoms with Gasteiger partial charge in [0.05, 0.1) is 6.54 Å². The number of hydrogen-bond donors (Lipinski definition) is 0. The van der Waals surface area contributed by atoms with Crippen molar-refractivity contribution >= 4 is 5.91 Å². The van der Waals surface area contributed by atoms with E-state index >= 15 is 0 Å². The van der Waals surface area contributed by atoms with Crippen molar-refractivity contribution in [1.82, 2.24) is 14.5 Å². The van der Waals surface area contributed by atoms with Crippen molar-refractivity contribution in [1.29, 1.82) is 0 Å². The van der Waals surface area contributed by atoms with Crippen LogP contribution in [0.5, 0.6) is 11.5 Å². The van der Waals surface area contributed by atoms with Crippen LogP contribution in [0.1, 0.15) is 33.5 Å². The number of hydrogen-bond acceptors (Lipinski definition) is 5. The molecule has 0 saturated carbocycles. The van der Waals surface area contributed by atoms with Crippen molar-refractivity contribution in [3.05, 3.63) is 87.6 Å². The Hall–Kier alpha value is -3.61. The number of amides is 1. The van der Waals surface area contributed by atoms with E-state index in [-0.39, 0.29) is 23.8 Å². The molecule has 3 aromatic rings. The first-order chi connectivity index (χ1) is 15.6. The smallest absolute Gasteiger partial charge is 0.263 e. The Balaban J connectivity index is 1.33. The van der Waals surface area contributed by atoms with Crippen molar-refractivity contribution < 1.29 is 14.3 Å². The van der Waals surface area contributed by atoms with Gasteiger partial charge in [0, 0.05) is 31.7 Å². The molecule has 7 heteroatoms. The maximum atomic E-state index is 13.3. The highest BCUT2D eigenvalue weighted by atomic mass is 16.7. The highest BCUT2D eigenvalue weighted by Crippen LogP contribution is 2.32. The Kier molecular flexibility index (Phi) is 5.39. The highest BCUT2D eigenvalue weighted by molar-refractivity contribution is 5.95. The fraction of sp³-hybridized carbons (Fsp3) is 0.320. The molecule has 0 bridgehead atoms.